The minimum atomic E-state index is -3.50. The van der Waals surface area contributed by atoms with Crippen molar-refractivity contribution in [3.63, 3.8) is 0 Å². The Balaban J connectivity index is 2.82. The fourth-order valence-corrected chi connectivity index (χ4v) is 11.6. The summed E-state index contributed by atoms with van der Waals surface area (Å²) in [7, 11) is -12.5. The Kier molecular flexibility index (Phi) is 16.9. The van der Waals surface area contributed by atoms with Crippen LogP contribution in [0.5, 0.6) is 0 Å². The van der Waals surface area contributed by atoms with E-state index < -0.39 is 43.4 Å². The Labute approximate surface area is 351 Å². The van der Waals surface area contributed by atoms with Gasteiger partial charge in [0.15, 0.2) is 33.3 Å². The molecule has 3 unspecified atom stereocenters. The van der Waals surface area contributed by atoms with Crippen LogP contribution in [-0.4, -0.2) is 104 Å². The summed E-state index contributed by atoms with van der Waals surface area (Å²) >= 11 is 3.73. The molecule has 14 heteroatoms. The highest BCUT2D eigenvalue weighted by Gasteiger charge is 2.55. The molecule has 1 aliphatic rings. The molecule has 0 N–H and O–H groups in total. The smallest absolute Gasteiger partial charge is 0.264 e. The zero-order chi connectivity index (χ0) is 43.0. The Bertz CT molecular complexity index is 1530. The monoisotopic (exact) mass is 923 g/mol. The molecule has 322 valence electrons. The first-order chi connectivity index (χ1) is 24.3. The van der Waals surface area contributed by atoms with Crippen LogP contribution < -0.4 is 0 Å². The van der Waals surface area contributed by atoms with Crippen LogP contribution in [0.25, 0.3) is 0 Å². The maximum Gasteiger partial charge on any atom is 0.264 e. The molecule has 1 aromatic rings. The zero-order valence-electron chi connectivity index (χ0n) is 38.9. The molecule has 4 atom stereocenters. The third-order valence-electron chi connectivity index (χ3n) is 13.5. The van der Waals surface area contributed by atoms with Gasteiger partial charge in [-0.15, -0.1) is 0 Å². The highest BCUT2D eigenvalue weighted by Crippen LogP contribution is 2.46. The topological polar surface area (TPSA) is 83.5 Å². The molecule has 0 radical (unpaired) electrons. The lowest BCUT2D eigenvalue weighted by atomic mass is 9.93. The highest BCUT2D eigenvalue weighted by atomic mass is 79.9. The second kappa shape index (κ2) is 18.1. The number of halogens is 1. The van der Waals surface area contributed by atoms with E-state index >= 15 is 0 Å². The van der Waals surface area contributed by atoms with Gasteiger partial charge in [-0.05, 0) is 109 Å². The number of rotatable bonds is 16. The van der Waals surface area contributed by atoms with E-state index in [1.54, 1.807) is 0 Å². The molecule has 2 rings (SSSR count). The maximum absolute atomic E-state index is 11.7. The van der Waals surface area contributed by atoms with Gasteiger partial charge in [-0.3, -0.25) is 9.08 Å². The number of benzene rings is 1. The van der Waals surface area contributed by atoms with Crippen LogP contribution in [0.3, 0.4) is 0 Å². The SMILES string of the molecule is CC(C)(C)[Si](C)(C)OC[C@@H]1C(O[Si](C)(C)C(C)(C)C)C(O[Si](C)(C)C(C)(C)C)C(O[Si](C)(C)C(C)(C)C)CN1CCc1cc(Br)cc(CCOS(C)(=O)=O)c1. The molecule has 1 aromatic carbocycles. The van der Waals surface area contributed by atoms with E-state index in [1.807, 2.05) is 6.07 Å². The summed E-state index contributed by atoms with van der Waals surface area (Å²) in [4.78, 5) is 2.60. The van der Waals surface area contributed by atoms with Crippen LogP contribution in [0.2, 0.25) is 72.5 Å². The lowest BCUT2D eigenvalue weighted by Gasteiger charge is -2.56. The van der Waals surface area contributed by atoms with E-state index in [-0.39, 0.29) is 51.1 Å². The van der Waals surface area contributed by atoms with Crippen LogP contribution in [0.1, 0.15) is 94.2 Å². The largest absolute Gasteiger partial charge is 0.415 e. The van der Waals surface area contributed by atoms with Crippen molar-refractivity contribution < 1.29 is 30.3 Å². The third kappa shape index (κ3) is 14.5. The second-order valence-corrected chi connectivity index (χ2v) is 43.9. The molecular weight excluding hydrogens is 843 g/mol. The van der Waals surface area contributed by atoms with Crippen molar-refractivity contribution in [3.8, 4) is 0 Å². The van der Waals surface area contributed by atoms with Crippen LogP contribution in [-0.2, 0) is 44.8 Å². The van der Waals surface area contributed by atoms with Gasteiger partial charge in [0.1, 0.15) is 0 Å². The third-order valence-corrected chi connectivity index (χ3v) is 32.5. The molecule has 1 aliphatic heterocycles. The number of hydrogen-bond acceptors (Lipinski definition) is 8. The summed E-state index contributed by atoms with van der Waals surface area (Å²) in [5.41, 5.74) is 2.21. The summed E-state index contributed by atoms with van der Waals surface area (Å²) in [6, 6.07) is 6.34. The Morgan fingerprint density at radius 2 is 1.07 bits per heavy atom. The van der Waals surface area contributed by atoms with Crippen molar-refractivity contribution in [2.24, 2.45) is 0 Å². The van der Waals surface area contributed by atoms with Gasteiger partial charge in [-0.1, -0.05) is 105 Å². The number of likely N-dealkylation sites (tertiary alicyclic amines) is 1. The predicted octanol–water partition coefficient (Wildman–Crippen LogP) is 11.4. The van der Waals surface area contributed by atoms with Crippen LogP contribution >= 0.6 is 15.9 Å². The molecule has 8 nitrogen and oxygen atoms in total. The first kappa shape index (κ1) is 51.4. The van der Waals surface area contributed by atoms with Crippen molar-refractivity contribution >= 4 is 59.3 Å². The molecule has 1 heterocycles. The van der Waals surface area contributed by atoms with Crippen LogP contribution in [0.15, 0.2) is 22.7 Å². The minimum absolute atomic E-state index is 0.00504. The van der Waals surface area contributed by atoms with E-state index in [1.165, 1.54) is 5.56 Å². The predicted molar refractivity (Wildman–Crippen MR) is 247 cm³/mol. The van der Waals surface area contributed by atoms with Crippen molar-refractivity contribution in [2.45, 2.75) is 193 Å². The van der Waals surface area contributed by atoms with Gasteiger partial charge in [-0.2, -0.15) is 8.42 Å². The van der Waals surface area contributed by atoms with Gasteiger partial charge >= 0.3 is 0 Å². The summed E-state index contributed by atoms with van der Waals surface area (Å²) < 4.78 is 59.4. The standard InChI is InChI=1S/C41H82BrNO7SSi4/c1-38(2,3)52(14,15)47-30-34-36(49-54(18,19)40(7,8)9)37(50-55(20,21)41(10,11)12)35(48-53(16,17)39(4,5)6)29-43(34)24-22-31-26-32(28-33(42)27-31)23-25-46-51(13,44)45/h26-28,34-37H,22-25,29-30H2,1-21H3/t34-,35?,36?,37?/m1/s1. The van der Waals surface area contributed by atoms with Gasteiger partial charge in [-0.25, -0.2) is 0 Å². The summed E-state index contributed by atoms with van der Waals surface area (Å²) in [6.45, 7) is 48.8. The van der Waals surface area contributed by atoms with E-state index in [9.17, 15) is 8.42 Å². The van der Waals surface area contributed by atoms with Gasteiger partial charge < -0.3 is 17.7 Å². The minimum Gasteiger partial charge on any atom is -0.415 e. The lowest BCUT2D eigenvalue weighted by Crippen LogP contribution is -2.70. The van der Waals surface area contributed by atoms with E-state index in [0.29, 0.717) is 13.0 Å². The molecule has 0 aromatic heterocycles. The second-order valence-electron chi connectivity index (χ2n) is 22.2. The van der Waals surface area contributed by atoms with E-state index in [4.69, 9.17) is 21.9 Å². The average molecular weight is 925 g/mol. The molecule has 1 saturated heterocycles. The van der Waals surface area contributed by atoms with Crippen LogP contribution in [0, 0.1) is 0 Å². The quantitative estimate of drug-likeness (QED) is 0.120. The fraction of sp³-hybridized carbons (Fsp3) is 0.854. The molecule has 1 fully saturated rings. The molecule has 0 saturated carbocycles. The number of nitrogens with zero attached hydrogens (tertiary/aromatic N) is 1. The Morgan fingerprint density at radius 1 is 0.655 bits per heavy atom. The first-order valence-electron chi connectivity index (χ1n) is 20.3. The van der Waals surface area contributed by atoms with Crippen molar-refractivity contribution in [3.05, 3.63) is 33.8 Å². The maximum atomic E-state index is 11.7. The Morgan fingerprint density at radius 3 is 1.51 bits per heavy atom. The molecule has 0 bridgehead atoms. The lowest BCUT2D eigenvalue weighted by molar-refractivity contribution is -0.128. The normalized spacial score (nSPS) is 22.0. The number of hydrogen-bond donors (Lipinski definition) is 0. The molecule has 0 amide bonds. The summed E-state index contributed by atoms with van der Waals surface area (Å²) in [5.74, 6) is 0. The summed E-state index contributed by atoms with van der Waals surface area (Å²) in [6.07, 6.45) is 1.71. The Hall–Kier alpha value is 0.278. The first-order valence-corrected chi connectivity index (χ1v) is 34.6. The molecule has 0 aliphatic carbocycles. The average Bonchev–Trinajstić information content (AvgIpc) is 2.93. The van der Waals surface area contributed by atoms with Crippen molar-refractivity contribution in [1.29, 1.82) is 0 Å². The zero-order valence-corrected chi connectivity index (χ0v) is 45.3. The van der Waals surface area contributed by atoms with Gasteiger partial charge in [0.05, 0.1) is 43.8 Å². The van der Waals surface area contributed by atoms with E-state index in [2.05, 4.69) is 168 Å². The van der Waals surface area contributed by atoms with E-state index in [0.717, 1.165) is 35.8 Å². The van der Waals surface area contributed by atoms with Crippen molar-refractivity contribution in [2.75, 3.05) is 32.6 Å². The van der Waals surface area contributed by atoms with Gasteiger partial charge in [0, 0.05) is 17.6 Å². The van der Waals surface area contributed by atoms with Crippen molar-refractivity contribution in [1.82, 2.24) is 4.90 Å². The summed E-state index contributed by atoms with van der Waals surface area (Å²) in [5, 5.41) is 0.0713. The molecule has 55 heavy (non-hydrogen) atoms. The van der Waals surface area contributed by atoms with Gasteiger partial charge in [0.25, 0.3) is 10.1 Å². The fourth-order valence-electron chi connectivity index (χ4n) is 5.65. The molecular formula is C41H82BrNO7SSi4. The van der Waals surface area contributed by atoms with Crippen LogP contribution in [0.4, 0.5) is 0 Å². The molecule has 0 spiro atoms. The number of piperidine rings is 1. The highest BCUT2D eigenvalue weighted by molar-refractivity contribution is 9.10. The van der Waals surface area contributed by atoms with Gasteiger partial charge in [0.2, 0.25) is 0 Å².